The molecule has 158 valence electrons. The van der Waals surface area contributed by atoms with Gasteiger partial charge in [0.25, 0.3) is 10.0 Å². The molecule has 31 heavy (non-hydrogen) atoms. The minimum absolute atomic E-state index is 0.0547. The van der Waals surface area contributed by atoms with Crippen molar-refractivity contribution in [2.45, 2.75) is 4.90 Å². The lowest BCUT2D eigenvalue weighted by atomic mass is 10.3. The van der Waals surface area contributed by atoms with E-state index in [1.807, 2.05) is 29.1 Å². The first-order chi connectivity index (χ1) is 14.9. The lowest BCUT2D eigenvalue weighted by Gasteiger charge is -2.12. The standard InChI is InChI=1S/C21H17ClN4O4S/c1-29-18-9-4-15(22)14-19(18)31(27,28)25-16-5-7-17(8-6-16)30-21-11-10-20(23-24-21)26-12-2-3-13-26/h2-14,25H,1H3. The zero-order chi connectivity index (χ0) is 21.8. The van der Waals surface area contributed by atoms with Crippen LogP contribution in [0.5, 0.6) is 17.4 Å². The van der Waals surface area contributed by atoms with E-state index >= 15 is 0 Å². The number of benzene rings is 2. The number of rotatable bonds is 7. The first-order valence-electron chi connectivity index (χ1n) is 9.06. The minimum Gasteiger partial charge on any atom is -0.495 e. The molecule has 0 aliphatic heterocycles. The van der Waals surface area contributed by atoms with Gasteiger partial charge < -0.3 is 14.0 Å². The summed E-state index contributed by atoms with van der Waals surface area (Å²) >= 11 is 5.94. The van der Waals surface area contributed by atoms with Gasteiger partial charge in [0, 0.05) is 29.2 Å². The van der Waals surface area contributed by atoms with E-state index in [4.69, 9.17) is 21.1 Å². The van der Waals surface area contributed by atoms with Crippen LogP contribution in [0.3, 0.4) is 0 Å². The molecule has 8 nitrogen and oxygen atoms in total. The van der Waals surface area contributed by atoms with Crippen molar-refractivity contribution in [1.82, 2.24) is 14.8 Å². The Bertz CT molecular complexity index is 1280. The van der Waals surface area contributed by atoms with Gasteiger partial charge in [0.05, 0.1) is 7.11 Å². The normalized spacial score (nSPS) is 11.2. The molecule has 0 saturated heterocycles. The van der Waals surface area contributed by atoms with Gasteiger partial charge in [-0.15, -0.1) is 10.2 Å². The summed E-state index contributed by atoms with van der Waals surface area (Å²) in [5.74, 6) is 1.65. The van der Waals surface area contributed by atoms with Crippen LogP contribution in [0, 0.1) is 0 Å². The third kappa shape index (κ3) is 4.79. The molecule has 2 heterocycles. The number of hydrogen-bond donors (Lipinski definition) is 1. The molecule has 0 saturated carbocycles. The summed E-state index contributed by atoms with van der Waals surface area (Å²) in [6.07, 6.45) is 3.73. The van der Waals surface area contributed by atoms with Crippen LogP contribution in [0.2, 0.25) is 5.02 Å². The average molecular weight is 457 g/mol. The van der Waals surface area contributed by atoms with Crippen LogP contribution in [-0.2, 0) is 10.0 Å². The van der Waals surface area contributed by atoms with Crippen molar-refractivity contribution in [2.75, 3.05) is 11.8 Å². The zero-order valence-electron chi connectivity index (χ0n) is 16.3. The van der Waals surface area contributed by atoms with E-state index in [1.165, 1.54) is 19.2 Å². The van der Waals surface area contributed by atoms with Gasteiger partial charge in [0.2, 0.25) is 5.88 Å². The van der Waals surface area contributed by atoms with Gasteiger partial charge in [-0.3, -0.25) is 4.72 Å². The molecule has 0 unspecified atom stereocenters. The number of sulfonamides is 1. The fourth-order valence-electron chi connectivity index (χ4n) is 2.77. The number of anilines is 1. The van der Waals surface area contributed by atoms with Crippen molar-refractivity contribution in [2.24, 2.45) is 0 Å². The summed E-state index contributed by atoms with van der Waals surface area (Å²) in [5.41, 5.74) is 0.350. The smallest absolute Gasteiger partial charge is 0.265 e. The van der Waals surface area contributed by atoms with E-state index in [9.17, 15) is 8.42 Å². The summed E-state index contributed by atoms with van der Waals surface area (Å²) in [6, 6.07) is 18.0. The molecule has 1 N–H and O–H groups in total. The molecule has 0 radical (unpaired) electrons. The Balaban J connectivity index is 1.46. The lowest BCUT2D eigenvalue weighted by Crippen LogP contribution is -2.14. The van der Waals surface area contributed by atoms with Crippen molar-refractivity contribution in [3.63, 3.8) is 0 Å². The monoisotopic (exact) mass is 456 g/mol. The van der Waals surface area contributed by atoms with Crippen LogP contribution in [0.25, 0.3) is 5.82 Å². The fourth-order valence-corrected chi connectivity index (χ4v) is 4.27. The van der Waals surface area contributed by atoms with E-state index in [0.717, 1.165) is 0 Å². The maximum absolute atomic E-state index is 12.7. The van der Waals surface area contributed by atoms with E-state index in [0.29, 0.717) is 23.1 Å². The predicted molar refractivity (Wildman–Crippen MR) is 117 cm³/mol. The largest absolute Gasteiger partial charge is 0.495 e. The van der Waals surface area contributed by atoms with E-state index in [2.05, 4.69) is 14.9 Å². The Morgan fingerprint density at radius 2 is 1.71 bits per heavy atom. The number of halogens is 1. The van der Waals surface area contributed by atoms with Crippen LogP contribution in [0.15, 0.2) is 84.0 Å². The first-order valence-corrected chi connectivity index (χ1v) is 10.9. The predicted octanol–water partition coefficient (Wildman–Crippen LogP) is 4.52. The van der Waals surface area contributed by atoms with Gasteiger partial charge in [-0.05, 0) is 60.7 Å². The lowest BCUT2D eigenvalue weighted by molar-refractivity contribution is 0.403. The molecule has 4 aromatic rings. The second-order valence-electron chi connectivity index (χ2n) is 6.35. The molecule has 0 aliphatic carbocycles. The molecular formula is C21H17ClN4O4S. The van der Waals surface area contributed by atoms with Gasteiger partial charge in [0.1, 0.15) is 16.4 Å². The molecule has 4 rings (SSSR count). The van der Waals surface area contributed by atoms with E-state index in [-0.39, 0.29) is 15.7 Å². The Morgan fingerprint density at radius 3 is 2.35 bits per heavy atom. The van der Waals surface area contributed by atoms with Crippen molar-refractivity contribution in [1.29, 1.82) is 0 Å². The molecule has 2 aromatic heterocycles. The summed E-state index contributed by atoms with van der Waals surface area (Å²) in [5, 5.41) is 8.45. The van der Waals surface area contributed by atoms with Gasteiger partial charge >= 0.3 is 0 Å². The average Bonchev–Trinajstić information content (AvgIpc) is 3.30. The second kappa shape index (κ2) is 8.66. The van der Waals surface area contributed by atoms with Crippen LogP contribution in [0.1, 0.15) is 0 Å². The molecule has 2 aromatic carbocycles. The number of aromatic nitrogens is 3. The number of hydrogen-bond acceptors (Lipinski definition) is 6. The third-order valence-electron chi connectivity index (χ3n) is 4.24. The summed E-state index contributed by atoms with van der Waals surface area (Å²) in [6.45, 7) is 0. The van der Waals surface area contributed by atoms with Crippen molar-refractivity contribution < 1.29 is 17.9 Å². The summed E-state index contributed by atoms with van der Waals surface area (Å²) in [4.78, 5) is -0.0547. The van der Waals surface area contributed by atoms with Gasteiger partial charge in [-0.25, -0.2) is 8.42 Å². The molecule has 10 heteroatoms. The number of nitrogens with one attached hydrogen (secondary N) is 1. The molecule has 0 spiro atoms. The van der Waals surface area contributed by atoms with Gasteiger partial charge in [-0.2, -0.15) is 0 Å². The van der Waals surface area contributed by atoms with Gasteiger partial charge in [-0.1, -0.05) is 11.6 Å². The highest BCUT2D eigenvalue weighted by molar-refractivity contribution is 7.92. The fraction of sp³-hybridized carbons (Fsp3) is 0.0476. The molecule has 0 bridgehead atoms. The van der Waals surface area contributed by atoms with Crippen LogP contribution in [-0.4, -0.2) is 30.3 Å². The zero-order valence-corrected chi connectivity index (χ0v) is 17.8. The number of nitrogens with zero attached hydrogens (tertiary/aromatic N) is 3. The van der Waals surface area contributed by atoms with Crippen molar-refractivity contribution in [3.05, 3.63) is 84.1 Å². The molecule has 0 fully saturated rings. The quantitative estimate of drug-likeness (QED) is 0.439. The Kier molecular flexibility index (Phi) is 5.79. The minimum atomic E-state index is -3.90. The Morgan fingerprint density at radius 1 is 0.968 bits per heavy atom. The van der Waals surface area contributed by atoms with Crippen molar-refractivity contribution in [3.8, 4) is 23.2 Å². The van der Waals surface area contributed by atoms with Crippen LogP contribution < -0.4 is 14.2 Å². The summed E-state index contributed by atoms with van der Waals surface area (Å²) < 4.78 is 40.6. The van der Waals surface area contributed by atoms with Gasteiger partial charge in [0.15, 0.2) is 5.82 Å². The highest BCUT2D eigenvalue weighted by Crippen LogP contribution is 2.29. The number of ether oxygens (including phenoxy) is 2. The molecule has 0 atom stereocenters. The van der Waals surface area contributed by atoms with E-state index in [1.54, 1.807) is 42.5 Å². The Hall–Kier alpha value is -3.56. The third-order valence-corrected chi connectivity index (χ3v) is 5.88. The molecule has 0 amide bonds. The highest BCUT2D eigenvalue weighted by Gasteiger charge is 2.20. The second-order valence-corrected chi connectivity index (χ2v) is 8.43. The SMILES string of the molecule is COc1ccc(Cl)cc1S(=O)(=O)Nc1ccc(Oc2ccc(-n3cccc3)nn2)cc1. The summed E-state index contributed by atoms with van der Waals surface area (Å²) in [7, 11) is -2.51. The topological polar surface area (TPSA) is 95.3 Å². The first kappa shape index (κ1) is 20.7. The Labute approximate surface area is 184 Å². The van der Waals surface area contributed by atoms with E-state index < -0.39 is 10.0 Å². The maximum Gasteiger partial charge on any atom is 0.265 e. The highest BCUT2D eigenvalue weighted by atomic mass is 35.5. The maximum atomic E-state index is 12.7. The molecule has 0 aliphatic rings. The van der Waals surface area contributed by atoms with Crippen LogP contribution >= 0.6 is 11.6 Å². The number of methoxy groups -OCH3 is 1. The molecular weight excluding hydrogens is 440 g/mol. The van der Waals surface area contributed by atoms with Crippen LogP contribution in [0.4, 0.5) is 5.69 Å². The van der Waals surface area contributed by atoms with Crippen molar-refractivity contribution >= 4 is 27.3 Å².